The van der Waals surface area contributed by atoms with E-state index in [9.17, 15) is 0 Å². The van der Waals surface area contributed by atoms with Gasteiger partial charge in [0.15, 0.2) is 0 Å². The van der Waals surface area contributed by atoms with Crippen molar-refractivity contribution in [3.8, 4) is 0 Å². The van der Waals surface area contributed by atoms with Gasteiger partial charge in [0.25, 0.3) is 0 Å². The van der Waals surface area contributed by atoms with Gasteiger partial charge in [0, 0.05) is 7.05 Å². The van der Waals surface area contributed by atoms with Crippen LogP contribution in [0.3, 0.4) is 0 Å². The van der Waals surface area contributed by atoms with Crippen LogP contribution in [0.5, 0.6) is 0 Å². The zero-order chi connectivity index (χ0) is 8.55. The largest absolute Gasteiger partial charge is 0.330 e. The van der Waals surface area contributed by atoms with Gasteiger partial charge in [-0.25, -0.2) is 4.98 Å². The highest BCUT2D eigenvalue weighted by Gasteiger charge is 2.03. The first-order chi connectivity index (χ1) is 5.83. The van der Waals surface area contributed by atoms with Crippen molar-refractivity contribution in [3.63, 3.8) is 0 Å². The lowest BCUT2D eigenvalue weighted by atomic mass is 10.3. The molecule has 0 saturated heterocycles. The zero-order valence-corrected chi connectivity index (χ0v) is 6.99. The molecule has 3 heteroatoms. The Morgan fingerprint density at radius 3 is 2.69 bits per heavy atom. The SMILES string of the molecule is C.Cn1c(CN)nc2ccccc21. The molecule has 0 unspecified atom stereocenters. The molecular weight excluding hydrogens is 162 g/mol. The number of aryl methyl sites for hydroxylation is 1. The summed E-state index contributed by atoms with van der Waals surface area (Å²) in [5.41, 5.74) is 7.68. The molecule has 0 aliphatic rings. The van der Waals surface area contributed by atoms with Crippen LogP contribution in [0.4, 0.5) is 0 Å². The Labute approximate surface area is 78.2 Å². The lowest BCUT2D eigenvalue weighted by molar-refractivity contribution is 0.813. The van der Waals surface area contributed by atoms with Gasteiger partial charge in [-0.2, -0.15) is 0 Å². The zero-order valence-electron chi connectivity index (χ0n) is 6.99. The number of nitrogens with two attached hydrogens (primary N) is 1. The first-order valence-corrected chi connectivity index (χ1v) is 3.93. The Morgan fingerprint density at radius 2 is 2.08 bits per heavy atom. The maximum atomic E-state index is 5.53. The molecular formula is C10H15N3. The quantitative estimate of drug-likeness (QED) is 0.720. The van der Waals surface area contributed by atoms with Crippen molar-refractivity contribution in [2.45, 2.75) is 14.0 Å². The van der Waals surface area contributed by atoms with Gasteiger partial charge >= 0.3 is 0 Å². The predicted molar refractivity (Wildman–Crippen MR) is 55.3 cm³/mol. The summed E-state index contributed by atoms with van der Waals surface area (Å²) in [6.07, 6.45) is 0. The van der Waals surface area contributed by atoms with Crippen molar-refractivity contribution in [2.24, 2.45) is 12.8 Å². The van der Waals surface area contributed by atoms with Crippen LogP contribution >= 0.6 is 0 Å². The molecule has 3 nitrogen and oxygen atoms in total. The number of benzene rings is 1. The van der Waals surface area contributed by atoms with E-state index in [4.69, 9.17) is 5.73 Å². The summed E-state index contributed by atoms with van der Waals surface area (Å²) < 4.78 is 2.02. The Morgan fingerprint density at radius 1 is 1.38 bits per heavy atom. The number of rotatable bonds is 1. The molecule has 1 heterocycles. The summed E-state index contributed by atoms with van der Waals surface area (Å²) in [5, 5.41) is 0. The van der Waals surface area contributed by atoms with Crippen LogP contribution < -0.4 is 5.73 Å². The molecule has 0 bridgehead atoms. The maximum Gasteiger partial charge on any atom is 0.123 e. The van der Waals surface area contributed by atoms with Crippen molar-refractivity contribution in [2.75, 3.05) is 0 Å². The second-order valence-corrected chi connectivity index (χ2v) is 2.78. The molecule has 0 aliphatic carbocycles. The van der Waals surface area contributed by atoms with Crippen LogP contribution in [0.15, 0.2) is 24.3 Å². The smallest absolute Gasteiger partial charge is 0.123 e. The van der Waals surface area contributed by atoms with Gasteiger partial charge < -0.3 is 10.3 Å². The standard InChI is InChI=1S/C9H11N3.CH4/c1-12-8-5-3-2-4-7(8)11-9(12)6-10;/h2-5H,6,10H2,1H3;1H4. The Bertz CT molecular complexity index is 403. The van der Waals surface area contributed by atoms with E-state index in [0.29, 0.717) is 6.54 Å². The van der Waals surface area contributed by atoms with Crippen molar-refractivity contribution >= 4 is 11.0 Å². The molecule has 0 amide bonds. The average molecular weight is 177 g/mol. The number of nitrogens with zero attached hydrogens (tertiary/aromatic N) is 2. The van der Waals surface area contributed by atoms with Gasteiger partial charge in [-0.05, 0) is 12.1 Å². The van der Waals surface area contributed by atoms with Crippen LogP contribution in [0, 0.1) is 0 Å². The molecule has 0 saturated carbocycles. The summed E-state index contributed by atoms with van der Waals surface area (Å²) in [6.45, 7) is 0.491. The van der Waals surface area contributed by atoms with Gasteiger partial charge in [-0.3, -0.25) is 0 Å². The number of fused-ring (bicyclic) bond motifs is 1. The van der Waals surface area contributed by atoms with E-state index in [1.807, 2.05) is 35.9 Å². The Balaban J connectivity index is 0.000000845. The van der Waals surface area contributed by atoms with Crippen molar-refractivity contribution in [1.82, 2.24) is 9.55 Å². The highest BCUT2D eigenvalue weighted by molar-refractivity contribution is 5.75. The van der Waals surface area contributed by atoms with E-state index in [0.717, 1.165) is 16.9 Å². The summed E-state index contributed by atoms with van der Waals surface area (Å²) in [5.74, 6) is 0.927. The van der Waals surface area contributed by atoms with Crippen LogP contribution in [-0.2, 0) is 13.6 Å². The molecule has 0 atom stereocenters. The maximum absolute atomic E-state index is 5.53. The third-order valence-corrected chi connectivity index (χ3v) is 2.06. The van der Waals surface area contributed by atoms with E-state index in [-0.39, 0.29) is 7.43 Å². The summed E-state index contributed by atoms with van der Waals surface area (Å²) in [4.78, 5) is 4.37. The van der Waals surface area contributed by atoms with E-state index in [1.54, 1.807) is 0 Å². The molecule has 1 aromatic carbocycles. The van der Waals surface area contributed by atoms with Crippen LogP contribution in [-0.4, -0.2) is 9.55 Å². The van der Waals surface area contributed by atoms with E-state index in [2.05, 4.69) is 4.98 Å². The first kappa shape index (κ1) is 9.74. The minimum atomic E-state index is 0. The van der Waals surface area contributed by atoms with Crippen LogP contribution in [0.2, 0.25) is 0 Å². The molecule has 2 rings (SSSR count). The number of hydrogen-bond donors (Lipinski definition) is 1. The van der Waals surface area contributed by atoms with Gasteiger partial charge in [-0.1, -0.05) is 19.6 Å². The highest BCUT2D eigenvalue weighted by Crippen LogP contribution is 2.13. The first-order valence-electron chi connectivity index (χ1n) is 3.93. The van der Waals surface area contributed by atoms with Crippen LogP contribution in [0.25, 0.3) is 11.0 Å². The van der Waals surface area contributed by atoms with Crippen molar-refractivity contribution in [3.05, 3.63) is 30.1 Å². The van der Waals surface area contributed by atoms with Gasteiger partial charge in [0.1, 0.15) is 5.82 Å². The second kappa shape index (κ2) is 3.58. The minimum absolute atomic E-state index is 0. The third kappa shape index (κ3) is 1.42. The number of aromatic nitrogens is 2. The molecule has 13 heavy (non-hydrogen) atoms. The third-order valence-electron chi connectivity index (χ3n) is 2.06. The van der Waals surface area contributed by atoms with E-state index in [1.165, 1.54) is 0 Å². The molecule has 2 aromatic rings. The molecule has 0 spiro atoms. The fraction of sp³-hybridized carbons (Fsp3) is 0.300. The number of hydrogen-bond acceptors (Lipinski definition) is 2. The van der Waals surface area contributed by atoms with Crippen molar-refractivity contribution in [1.29, 1.82) is 0 Å². The predicted octanol–water partition coefficient (Wildman–Crippen LogP) is 1.67. The van der Waals surface area contributed by atoms with Gasteiger partial charge in [-0.15, -0.1) is 0 Å². The lowest BCUT2D eigenvalue weighted by Gasteiger charge is -1.96. The average Bonchev–Trinajstić information content (AvgIpc) is 2.44. The number of para-hydroxylation sites is 2. The highest BCUT2D eigenvalue weighted by atomic mass is 15.1. The monoisotopic (exact) mass is 177 g/mol. The summed E-state index contributed by atoms with van der Waals surface area (Å²) in [7, 11) is 1.98. The normalized spacial score (nSPS) is 10.0. The number of imidazole rings is 1. The Hall–Kier alpha value is -1.35. The Kier molecular flexibility index (Phi) is 2.68. The van der Waals surface area contributed by atoms with Crippen molar-refractivity contribution < 1.29 is 0 Å². The van der Waals surface area contributed by atoms with Gasteiger partial charge in [0.2, 0.25) is 0 Å². The van der Waals surface area contributed by atoms with E-state index >= 15 is 0 Å². The fourth-order valence-electron chi connectivity index (χ4n) is 1.38. The second-order valence-electron chi connectivity index (χ2n) is 2.78. The molecule has 0 radical (unpaired) electrons. The summed E-state index contributed by atoms with van der Waals surface area (Å²) in [6, 6.07) is 8.02. The molecule has 70 valence electrons. The topological polar surface area (TPSA) is 43.8 Å². The summed E-state index contributed by atoms with van der Waals surface area (Å²) >= 11 is 0. The molecule has 0 aliphatic heterocycles. The van der Waals surface area contributed by atoms with Gasteiger partial charge in [0.05, 0.1) is 17.6 Å². The molecule has 0 fully saturated rings. The minimum Gasteiger partial charge on any atom is -0.330 e. The molecule has 2 N–H and O–H groups in total. The molecule has 1 aromatic heterocycles. The van der Waals surface area contributed by atoms with Crippen LogP contribution in [0.1, 0.15) is 13.3 Å². The fourth-order valence-corrected chi connectivity index (χ4v) is 1.38. The lowest BCUT2D eigenvalue weighted by Crippen LogP contribution is -2.04. The van der Waals surface area contributed by atoms with E-state index < -0.39 is 0 Å².